The maximum atomic E-state index is 12.9. The molecule has 0 spiro atoms. The van der Waals surface area contributed by atoms with Crippen molar-refractivity contribution in [2.45, 2.75) is 58.4 Å². The summed E-state index contributed by atoms with van der Waals surface area (Å²) in [6, 6.07) is 8.93. The summed E-state index contributed by atoms with van der Waals surface area (Å²) >= 11 is 0. The summed E-state index contributed by atoms with van der Waals surface area (Å²) in [5.74, 6) is -0.0340. The molecular formula is C20H33N3O3S. The van der Waals surface area contributed by atoms with Gasteiger partial charge in [-0.05, 0) is 37.8 Å². The Labute approximate surface area is 164 Å². The van der Waals surface area contributed by atoms with Crippen molar-refractivity contribution in [3.8, 4) is 0 Å². The van der Waals surface area contributed by atoms with Crippen molar-refractivity contribution in [3.05, 3.63) is 35.9 Å². The van der Waals surface area contributed by atoms with Gasteiger partial charge in [0.2, 0.25) is 0 Å². The van der Waals surface area contributed by atoms with Crippen molar-refractivity contribution in [3.63, 3.8) is 0 Å². The van der Waals surface area contributed by atoms with Gasteiger partial charge in [0.15, 0.2) is 0 Å². The Morgan fingerprint density at radius 3 is 2.37 bits per heavy atom. The van der Waals surface area contributed by atoms with Crippen LogP contribution >= 0.6 is 0 Å². The molecule has 1 heterocycles. The lowest BCUT2D eigenvalue weighted by atomic mass is 10.1. The topological polar surface area (TPSA) is 69.7 Å². The minimum Gasteiger partial charge on any atom is -0.337 e. The minimum atomic E-state index is -3.53. The third-order valence-electron chi connectivity index (χ3n) is 4.91. The van der Waals surface area contributed by atoms with Crippen LogP contribution in [-0.4, -0.2) is 55.8 Å². The molecule has 2 rings (SSSR count). The fourth-order valence-corrected chi connectivity index (χ4v) is 4.83. The molecule has 0 bridgehead atoms. The first-order valence-electron chi connectivity index (χ1n) is 10.1. The number of piperidine rings is 1. The van der Waals surface area contributed by atoms with Crippen molar-refractivity contribution >= 4 is 16.1 Å². The average molecular weight is 396 g/mol. The summed E-state index contributed by atoms with van der Waals surface area (Å²) in [4.78, 5) is 14.4. The van der Waals surface area contributed by atoms with Gasteiger partial charge >= 0.3 is 0 Å². The fourth-order valence-electron chi connectivity index (χ4n) is 3.33. The van der Waals surface area contributed by atoms with E-state index in [4.69, 9.17) is 0 Å². The molecule has 0 radical (unpaired) electrons. The molecule has 1 aliphatic heterocycles. The number of rotatable bonds is 10. The third kappa shape index (κ3) is 6.59. The Kier molecular flexibility index (Phi) is 8.73. The monoisotopic (exact) mass is 395 g/mol. The van der Waals surface area contributed by atoms with E-state index in [1.807, 2.05) is 18.2 Å². The number of likely N-dealkylation sites (tertiary alicyclic amines) is 1. The van der Waals surface area contributed by atoms with E-state index in [1.54, 1.807) is 21.3 Å². The van der Waals surface area contributed by atoms with Gasteiger partial charge in [-0.15, -0.1) is 0 Å². The van der Waals surface area contributed by atoms with E-state index in [0.717, 1.165) is 38.5 Å². The van der Waals surface area contributed by atoms with Crippen molar-refractivity contribution in [1.82, 2.24) is 13.9 Å². The second-order valence-corrected chi connectivity index (χ2v) is 8.89. The molecule has 1 aromatic carbocycles. The number of carbonyl (C=O) groups is 1. The molecule has 7 heteroatoms. The molecule has 1 unspecified atom stereocenters. The quantitative estimate of drug-likeness (QED) is 0.662. The van der Waals surface area contributed by atoms with Crippen molar-refractivity contribution in [1.29, 1.82) is 0 Å². The number of unbranched alkanes of at least 4 members (excludes halogenated alkanes) is 2. The summed E-state index contributed by atoms with van der Waals surface area (Å²) in [7, 11) is -3.53. The third-order valence-corrected chi connectivity index (χ3v) is 6.58. The highest BCUT2D eigenvalue weighted by Gasteiger charge is 2.30. The summed E-state index contributed by atoms with van der Waals surface area (Å²) in [6.07, 6.45) is 5.19. The first kappa shape index (κ1) is 21.9. The van der Waals surface area contributed by atoms with E-state index in [2.05, 4.69) is 18.6 Å². The molecule has 1 atom stereocenters. The van der Waals surface area contributed by atoms with Crippen LogP contribution < -0.4 is 4.72 Å². The Morgan fingerprint density at radius 1 is 1.15 bits per heavy atom. The largest absolute Gasteiger partial charge is 0.337 e. The van der Waals surface area contributed by atoms with Crippen molar-refractivity contribution in [2.24, 2.45) is 0 Å². The Morgan fingerprint density at radius 2 is 1.78 bits per heavy atom. The van der Waals surface area contributed by atoms with E-state index in [1.165, 1.54) is 0 Å². The molecule has 0 saturated carbocycles. The highest BCUT2D eigenvalue weighted by molar-refractivity contribution is 7.87. The fraction of sp³-hybridized carbons (Fsp3) is 0.650. The molecule has 6 nitrogen and oxygen atoms in total. The van der Waals surface area contributed by atoms with Crippen LogP contribution in [0.5, 0.6) is 0 Å². The molecule has 1 amide bonds. The molecule has 152 valence electrons. The molecule has 27 heavy (non-hydrogen) atoms. The van der Waals surface area contributed by atoms with E-state index in [9.17, 15) is 13.2 Å². The summed E-state index contributed by atoms with van der Waals surface area (Å²) in [5, 5.41) is 0. The van der Waals surface area contributed by atoms with Crippen LogP contribution in [-0.2, 0) is 10.2 Å². The van der Waals surface area contributed by atoms with Gasteiger partial charge in [0.25, 0.3) is 16.1 Å². The standard InChI is InChI=1S/C20H33N3O3S/c1-3-5-15-23(16-6-4-2)27(25,26)21-19-13-10-14-22(17-19)20(24)18-11-8-7-9-12-18/h7-9,11-12,19,21H,3-6,10,13-17H2,1-2H3. The SMILES string of the molecule is CCCCN(CCCC)S(=O)(=O)NC1CCCN(C(=O)c2ccccc2)C1. The highest BCUT2D eigenvalue weighted by Crippen LogP contribution is 2.16. The first-order chi connectivity index (χ1) is 13.0. The van der Waals surface area contributed by atoms with Crippen LogP contribution in [0.2, 0.25) is 0 Å². The van der Waals surface area contributed by atoms with Crippen LogP contribution in [0.3, 0.4) is 0 Å². The van der Waals surface area contributed by atoms with Crippen LogP contribution in [0, 0.1) is 0 Å². The molecule has 0 aromatic heterocycles. The zero-order valence-electron chi connectivity index (χ0n) is 16.6. The molecule has 1 N–H and O–H groups in total. The number of nitrogens with one attached hydrogen (secondary N) is 1. The van der Waals surface area contributed by atoms with Gasteiger partial charge in [-0.3, -0.25) is 4.79 Å². The van der Waals surface area contributed by atoms with Crippen LogP contribution in [0.25, 0.3) is 0 Å². The molecule has 1 fully saturated rings. The lowest BCUT2D eigenvalue weighted by molar-refractivity contribution is 0.0702. The smallest absolute Gasteiger partial charge is 0.279 e. The minimum absolute atomic E-state index is 0.0340. The zero-order chi connectivity index (χ0) is 19.7. The van der Waals surface area contributed by atoms with Gasteiger partial charge < -0.3 is 4.90 Å². The maximum absolute atomic E-state index is 12.9. The van der Waals surface area contributed by atoms with Gasteiger partial charge in [0.1, 0.15) is 0 Å². The number of benzene rings is 1. The van der Waals surface area contributed by atoms with Crippen molar-refractivity contribution in [2.75, 3.05) is 26.2 Å². The summed E-state index contributed by atoms with van der Waals surface area (Å²) in [5.41, 5.74) is 0.647. The normalized spacial score (nSPS) is 18.0. The molecule has 1 saturated heterocycles. The van der Waals surface area contributed by atoms with E-state index < -0.39 is 10.2 Å². The lowest BCUT2D eigenvalue weighted by Crippen LogP contribution is -2.53. The zero-order valence-corrected chi connectivity index (χ0v) is 17.4. The molecule has 0 aliphatic carbocycles. The number of hydrogen-bond acceptors (Lipinski definition) is 3. The summed E-state index contributed by atoms with van der Waals surface area (Å²) in [6.45, 7) is 6.30. The molecule has 1 aliphatic rings. The van der Waals surface area contributed by atoms with E-state index in [-0.39, 0.29) is 11.9 Å². The Bertz CT molecular complexity index is 671. The van der Waals surface area contributed by atoms with Gasteiger partial charge in [0.05, 0.1) is 0 Å². The number of nitrogens with zero attached hydrogens (tertiary/aromatic N) is 2. The van der Waals surface area contributed by atoms with E-state index >= 15 is 0 Å². The molecular weight excluding hydrogens is 362 g/mol. The first-order valence-corrected chi connectivity index (χ1v) is 11.5. The van der Waals surface area contributed by atoms with Crippen LogP contribution in [0.1, 0.15) is 62.7 Å². The second-order valence-electron chi connectivity index (χ2n) is 7.19. The predicted octanol–water partition coefficient (Wildman–Crippen LogP) is 3.03. The molecule has 1 aromatic rings. The number of amides is 1. The average Bonchev–Trinajstić information content (AvgIpc) is 2.68. The number of carbonyl (C=O) groups excluding carboxylic acids is 1. The van der Waals surface area contributed by atoms with Crippen molar-refractivity contribution < 1.29 is 13.2 Å². The van der Waals surface area contributed by atoms with Gasteiger partial charge in [-0.25, -0.2) is 0 Å². The lowest BCUT2D eigenvalue weighted by Gasteiger charge is -2.34. The summed E-state index contributed by atoms with van der Waals surface area (Å²) < 4.78 is 30.2. The number of hydrogen-bond donors (Lipinski definition) is 1. The predicted molar refractivity (Wildman–Crippen MR) is 109 cm³/mol. The van der Waals surface area contributed by atoms with Gasteiger partial charge in [-0.1, -0.05) is 44.9 Å². The second kappa shape index (κ2) is 10.8. The Balaban J connectivity index is 2.00. The van der Waals surface area contributed by atoms with Crippen LogP contribution in [0.4, 0.5) is 0 Å². The van der Waals surface area contributed by atoms with Crippen LogP contribution in [0.15, 0.2) is 30.3 Å². The van der Waals surface area contributed by atoms with Gasteiger partial charge in [-0.2, -0.15) is 17.4 Å². The maximum Gasteiger partial charge on any atom is 0.279 e. The van der Waals surface area contributed by atoms with E-state index in [0.29, 0.717) is 31.7 Å². The van der Waals surface area contributed by atoms with Gasteiger partial charge in [0, 0.05) is 37.8 Å². The highest BCUT2D eigenvalue weighted by atomic mass is 32.2. The Hall–Kier alpha value is -1.44.